The van der Waals surface area contributed by atoms with Gasteiger partial charge in [-0.15, -0.1) is 0 Å². The molecule has 18 heavy (non-hydrogen) atoms. The summed E-state index contributed by atoms with van der Waals surface area (Å²) >= 11 is 9.47. The Bertz CT molecular complexity index is 476. The molecule has 0 aromatic heterocycles. The average molecular weight is 333 g/mol. The maximum atomic E-state index is 12.6. The molecule has 0 N–H and O–H groups in total. The van der Waals surface area contributed by atoms with Gasteiger partial charge in [0.25, 0.3) is 5.91 Å². The Kier molecular flexibility index (Phi) is 3.99. The minimum absolute atomic E-state index is 0.0467. The van der Waals surface area contributed by atoms with Crippen LogP contribution in [0.1, 0.15) is 24.2 Å². The molecule has 1 aromatic carbocycles. The smallest absolute Gasteiger partial charge is 0.256 e. The Morgan fingerprint density at radius 1 is 1.50 bits per heavy atom. The fourth-order valence-corrected chi connectivity index (χ4v) is 2.60. The molecule has 0 saturated carbocycles. The number of hydrogen-bond donors (Lipinski definition) is 0. The Balaban J connectivity index is 2.33. The maximum Gasteiger partial charge on any atom is 0.256 e. The first kappa shape index (κ1) is 13.8. The van der Waals surface area contributed by atoms with E-state index in [4.69, 9.17) is 16.3 Å². The lowest BCUT2D eigenvalue weighted by Crippen LogP contribution is -2.55. The second kappa shape index (κ2) is 5.19. The molecule has 1 aliphatic heterocycles. The van der Waals surface area contributed by atoms with Gasteiger partial charge in [0.05, 0.1) is 29.3 Å². The summed E-state index contributed by atoms with van der Waals surface area (Å²) in [6.07, 6.45) is 0. The van der Waals surface area contributed by atoms with Crippen LogP contribution in [0.5, 0.6) is 0 Å². The molecule has 5 heteroatoms. The molecule has 1 aromatic rings. The number of amides is 1. The SMILES string of the molecule is CC1(C)COCCN1C(=O)c1cc(Br)ccc1Cl. The van der Waals surface area contributed by atoms with Crippen molar-refractivity contribution in [2.75, 3.05) is 19.8 Å². The van der Waals surface area contributed by atoms with Crippen LogP contribution in [-0.4, -0.2) is 36.1 Å². The molecule has 0 radical (unpaired) electrons. The van der Waals surface area contributed by atoms with Crippen LogP contribution in [0.15, 0.2) is 22.7 Å². The van der Waals surface area contributed by atoms with Crippen LogP contribution in [0.3, 0.4) is 0 Å². The number of nitrogens with zero attached hydrogens (tertiary/aromatic N) is 1. The molecule has 1 fully saturated rings. The van der Waals surface area contributed by atoms with Gasteiger partial charge in [0.15, 0.2) is 0 Å². The first-order valence-corrected chi connectivity index (χ1v) is 6.94. The normalized spacial score (nSPS) is 18.8. The lowest BCUT2D eigenvalue weighted by atomic mass is 10.0. The fourth-order valence-electron chi connectivity index (χ4n) is 2.04. The van der Waals surface area contributed by atoms with Crippen LogP contribution in [0.4, 0.5) is 0 Å². The van der Waals surface area contributed by atoms with Gasteiger partial charge in [0, 0.05) is 11.0 Å². The van der Waals surface area contributed by atoms with Crippen molar-refractivity contribution in [2.24, 2.45) is 0 Å². The molecule has 1 saturated heterocycles. The van der Waals surface area contributed by atoms with Crippen molar-refractivity contribution in [3.63, 3.8) is 0 Å². The molecule has 2 rings (SSSR count). The Hall–Kier alpha value is -0.580. The molecular formula is C13H15BrClNO2. The predicted molar refractivity (Wildman–Crippen MR) is 75.1 cm³/mol. The molecule has 0 unspecified atom stereocenters. The highest BCUT2D eigenvalue weighted by Gasteiger charge is 2.35. The number of carbonyl (C=O) groups excluding carboxylic acids is 1. The Labute approximate surface area is 120 Å². The Morgan fingerprint density at radius 2 is 2.22 bits per heavy atom. The summed E-state index contributed by atoms with van der Waals surface area (Å²) in [5.74, 6) is -0.0467. The lowest BCUT2D eigenvalue weighted by molar-refractivity contribution is -0.0370. The van der Waals surface area contributed by atoms with E-state index in [1.807, 2.05) is 24.8 Å². The van der Waals surface area contributed by atoms with Crippen molar-refractivity contribution < 1.29 is 9.53 Å². The lowest BCUT2D eigenvalue weighted by Gasteiger charge is -2.42. The highest BCUT2D eigenvalue weighted by molar-refractivity contribution is 9.10. The zero-order valence-electron chi connectivity index (χ0n) is 10.4. The summed E-state index contributed by atoms with van der Waals surface area (Å²) in [5.41, 5.74) is 0.224. The molecule has 98 valence electrons. The molecule has 0 bridgehead atoms. The summed E-state index contributed by atoms with van der Waals surface area (Å²) in [6, 6.07) is 5.31. The van der Waals surface area contributed by atoms with E-state index in [0.29, 0.717) is 30.3 Å². The topological polar surface area (TPSA) is 29.5 Å². The number of ether oxygens (including phenoxy) is 1. The first-order chi connectivity index (χ1) is 8.42. The van der Waals surface area contributed by atoms with Crippen molar-refractivity contribution in [1.29, 1.82) is 0 Å². The van der Waals surface area contributed by atoms with Crippen LogP contribution in [0, 0.1) is 0 Å². The van der Waals surface area contributed by atoms with Crippen molar-refractivity contribution in [1.82, 2.24) is 4.90 Å². The quantitative estimate of drug-likeness (QED) is 0.789. The van der Waals surface area contributed by atoms with Crippen molar-refractivity contribution >= 4 is 33.4 Å². The standard InChI is InChI=1S/C13H15BrClNO2/c1-13(2)8-18-6-5-16(13)12(17)10-7-9(14)3-4-11(10)15/h3-4,7H,5-6,8H2,1-2H3. The van der Waals surface area contributed by atoms with Gasteiger partial charge >= 0.3 is 0 Å². The van der Waals surface area contributed by atoms with Gasteiger partial charge in [-0.1, -0.05) is 27.5 Å². The van der Waals surface area contributed by atoms with Crippen LogP contribution >= 0.6 is 27.5 Å². The number of benzene rings is 1. The van der Waals surface area contributed by atoms with Crippen LogP contribution in [-0.2, 0) is 4.74 Å². The van der Waals surface area contributed by atoms with Gasteiger partial charge in [0.1, 0.15) is 0 Å². The zero-order valence-corrected chi connectivity index (χ0v) is 12.7. The first-order valence-electron chi connectivity index (χ1n) is 5.76. The molecule has 0 aliphatic carbocycles. The van der Waals surface area contributed by atoms with E-state index in [-0.39, 0.29) is 11.4 Å². The predicted octanol–water partition coefficient (Wildman–Crippen LogP) is 3.35. The van der Waals surface area contributed by atoms with Gasteiger partial charge in [-0.2, -0.15) is 0 Å². The van der Waals surface area contributed by atoms with Crippen LogP contribution < -0.4 is 0 Å². The number of rotatable bonds is 1. The van der Waals surface area contributed by atoms with E-state index >= 15 is 0 Å². The maximum absolute atomic E-state index is 12.6. The summed E-state index contributed by atoms with van der Waals surface area (Å²) in [5, 5.41) is 0.477. The van der Waals surface area contributed by atoms with Crippen molar-refractivity contribution in [3.05, 3.63) is 33.3 Å². The molecule has 0 spiro atoms. The molecule has 1 amide bonds. The van der Waals surface area contributed by atoms with Crippen molar-refractivity contribution in [2.45, 2.75) is 19.4 Å². The van der Waals surface area contributed by atoms with E-state index < -0.39 is 0 Å². The molecule has 1 heterocycles. The fraction of sp³-hybridized carbons (Fsp3) is 0.462. The summed E-state index contributed by atoms with van der Waals surface area (Å²) in [4.78, 5) is 14.4. The van der Waals surface area contributed by atoms with Gasteiger partial charge in [-0.25, -0.2) is 0 Å². The molecule has 1 aliphatic rings. The monoisotopic (exact) mass is 331 g/mol. The van der Waals surface area contributed by atoms with Crippen LogP contribution in [0.25, 0.3) is 0 Å². The van der Waals surface area contributed by atoms with Gasteiger partial charge in [0.2, 0.25) is 0 Å². The average Bonchev–Trinajstić information content (AvgIpc) is 2.31. The number of morpholine rings is 1. The second-order valence-electron chi connectivity index (χ2n) is 4.95. The van der Waals surface area contributed by atoms with E-state index in [9.17, 15) is 4.79 Å². The number of halogens is 2. The van der Waals surface area contributed by atoms with Gasteiger partial charge in [-0.3, -0.25) is 4.79 Å². The largest absolute Gasteiger partial charge is 0.377 e. The van der Waals surface area contributed by atoms with Crippen LogP contribution in [0.2, 0.25) is 5.02 Å². The summed E-state index contributed by atoms with van der Waals surface area (Å²) in [6.45, 7) is 5.70. The minimum atomic E-state index is -0.305. The van der Waals surface area contributed by atoms with Gasteiger partial charge in [-0.05, 0) is 32.0 Å². The van der Waals surface area contributed by atoms with E-state index in [1.54, 1.807) is 12.1 Å². The molecule has 0 atom stereocenters. The third-order valence-electron chi connectivity index (χ3n) is 3.05. The minimum Gasteiger partial charge on any atom is -0.377 e. The Morgan fingerprint density at radius 3 is 2.89 bits per heavy atom. The third kappa shape index (κ3) is 2.71. The van der Waals surface area contributed by atoms with Gasteiger partial charge < -0.3 is 9.64 Å². The van der Waals surface area contributed by atoms with E-state index in [1.165, 1.54) is 0 Å². The number of carbonyl (C=O) groups is 1. The molecular weight excluding hydrogens is 318 g/mol. The van der Waals surface area contributed by atoms with E-state index in [0.717, 1.165) is 4.47 Å². The summed E-state index contributed by atoms with van der Waals surface area (Å²) < 4.78 is 6.27. The molecule has 3 nitrogen and oxygen atoms in total. The zero-order chi connectivity index (χ0) is 13.3. The van der Waals surface area contributed by atoms with E-state index in [2.05, 4.69) is 15.9 Å². The van der Waals surface area contributed by atoms with Crippen molar-refractivity contribution in [3.8, 4) is 0 Å². The highest BCUT2D eigenvalue weighted by atomic mass is 79.9. The highest BCUT2D eigenvalue weighted by Crippen LogP contribution is 2.27. The second-order valence-corrected chi connectivity index (χ2v) is 6.27. The number of hydrogen-bond acceptors (Lipinski definition) is 2. The third-order valence-corrected chi connectivity index (χ3v) is 3.87. The summed E-state index contributed by atoms with van der Waals surface area (Å²) in [7, 11) is 0.